The van der Waals surface area contributed by atoms with Crippen molar-refractivity contribution >= 4 is 28.9 Å². The summed E-state index contributed by atoms with van der Waals surface area (Å²) in [5.41, 5.74) is 6.83. The van der Waals surface area contributed by atoms with Crippen molar-refractivity contribution in [3.63, 3.8) is 0 Å². The second kappa shape index (κ2) is 5.46. The molecule has 4 N–H and O–H groups in total. The molecule has 0 saturated heterocycles. The number of nitrogens with two attached hydrogens (primary N) is 1. The first kappa shape index (κ1) is 12.4. The Morgan fingerprint density at radius 1 is 1.38 bits per heavy atom. The highest BCUT2D eigenvalue weighted by molar-refractivity contribution is 7.80. The van der Waals surface area contributed by atoms with Gasteiger partial charge in [0.05, 0.1) is 5.69 Å². The van der Waals surface area contributed by atoms with Crippen LogP contribution < -0.4 is 16.4 Å². The van der Waals surface area contributed by atoms with Crippen LogP contribution in [0.3, 0.4) is 0 Å². The molecule has 0 heterocycles. The molecule has 0 aliphatic rings. The fraction of sp³-hybridized carbons (Fsp3) is 0.273. The van der Waals surface area contributed by atoms with Gasteiger partial charge in [-0.2, -0.15) is 0 Å². The number of carbonyl (C=O) groups excluding carboxylic acids is 1. The average molecular weight is 237 g/mol. The summed E-state index contributed by atoms with van der Waals surface area (Å²) in [6.07, 6.45) is 0. The fourth-order valence-corrected chi connectivity index (χ4v) is 1.41. The maximum Gasteiger partial charge on any atom is 0.319 e. The van der Waals surface area contributed by atoms with Crippen LogP contribution in [-0.4, -0.2) is 17.1 Å². The SMILES string of the molecule is CC(C)NC(=O)Nc1ccccc1C(N)=S. The van der Waals surface area contributed by atoms with Crippen LogP contribution >= 0.6 is 12.2 Å². The number of thiocarbonyl (C=S) groups is 1. The molecule has 0 aliphatic carbocycles. The van der Waals surface area contributed by atoms with Gasteiger partial charge >= 0.3 is 6.03 Å². The Bertz CT molecular complexity index is 404. The van der Waals surface area contributed by atoms with E-state index in [0.29, 0.717) is 11.3 Å². The lowest BCUT2D eigenvalue weighted by Gasteiger charge is -2.12. The number of hydrogen-bond donors (Lipinski definition) is 3. The van der Waals surface area contributed by atoms with Gasteiger partial charge in [0.15, 0.2) is 0 Å². The van der Waals surface area contributed by atoms with E-state index in [1.807, 2.05) is 26.0 Å². The van der Waals surface area contributed by atoms with Gasteiger partial charge in [0.25, 0.3) is 0 Å². The Labute approximate surface area is 100 Å². The van der Waals surface area contributed by atoms with E-state index in [4.69, 9.17) is 18.0 Å². The number of benzene rings is 1. The van der Waals surface area contributed by atoms with Gasteiger partial charge < -0.3 is 16.4 Å². The van der Waals surface area contributed by atoms with Gasteiger partial charge in [-0.15, -0.1) is 0 Å². The summed E-state index contributed by atoms with van der Waals surface area (Å²) in [6.45, 7) is 3.78. The lowest BCUT2D eigenvalue weighted by molar-refractivity contribution is 0.250. The zero-order valence-corrected chi connectivity index (χ0v) is 10.1. The minimum atomic E-state index is -0.265. The Kier molecular flexibility index (Phi) is 4.25. The Hall–Kier alpha value is -1.62. The number of carbonyl (C=O) groups is 1. The van der Waals surface area contributed by atoms with E-state index in [1.165, 1.54) is 0 Å². The predicted octanol–water partition coefficient (Wildman–Crippen LogP) is 1.85. The number of nitrogens with one attached hydrogen (secondary N) is 2. The van der Waals surface area contributed by atoms with Gasteiger partial charge in [-0.05, 0) is 26.0 Å². The van der Waals surface area contributed by atoms with Crippen LogP contribution in [0.1, 0.15) is 19.4 Å². The van der Waals surface area contributed by atoms with Crippen molar-refractivity contribution < 1.29 is 4.79 Å². The highest BCUT2D eigenvalue weighted by Gasteiger charge is 2.08. The number of urea groups is 1. The third-order valence-electron chi connectivity index (χ3n) is 1.86. The third-order valence-corrected chi connectivity index (χ3v) is 2.08. The van der Waals surface area contributed by atoms with Gasteiger partial charge in [-0.25, -0.2) is 4.79 Å². The van der Waals surface area contributed by atoms with Crippen LogP contribution in [-0.2, 0) is 0 Å². The van der Waals surface area contributed by atoms with Crippen LogP contribution in [0.15, 0.2) is 24.3 Å². The van der Waals surface area contributed by atoms with Gasteiger partial charge in [0.2, 0.25) is 0 Å². The molecule has 1 aromatic rings. The van der Waals surface area contributed by atoms with Gasteiger partial charge in [-0.1, -0.05) is 24.4 Å². The summed E-state index contributed by atoms with van der Waals surface area (Å²) in [5, 5.41) is 5.43. The summed E-state index contributed by atoms with van der Waals surface area (Å²) >= 11 is 4.90. The molecular weight excluding hydrogens is 222 g/mol. The molecular formula is C11H15N3OS. The van der Waals surface area contributed by atoms with Crippen molar-refractivity contribution in [2.45, 2.75) is 19.9 Å². The third kappa shape index (κ3) is 3.51. The fourth-order valence-electron chi connectivity index (χ4n) is 1.23. The van der Waals surface area contributed by atoms with Crippen molar-refractivity contribution in [2.24, 2.45) is 5.73 Å². The van der Waals surface area contributed by atoms with Crippen LogP contribution in [0.4, 0.5) is 10.5 Å². The Morgan fingerprint density at radius 3 is 2.56 bits per heavy atom. The smallest absolute Gasteiger partial charge is 0.319 e. The second-order valence-electron chi connectivity index (χ2n) is 3.66. The molecule has 0 atom stereocenters. The summed E-state index contributed by atoms with van der Waals surface area (Å²) in [6, 6.07) is 6.98. The monoisotopic (exact) mass is 237 g/mol. The van der Waals surface area contributed by atoms with Crippen LogP contribution in [0, 0.1) is 0 Å². The molecule has 1 rings (SSSR count). The van der Waals surface area contributed by atoms with Gasteiger partial charge in [0, 0.05) is 11.6 Å². The molecule has 0 spiro atoms. The molecule has 5 heteroatoms. The van der Waals surface area contributed by atoms with E-state index in [2.05, 4.69) is 10.6 Å². The van der Waals surface area contributed by atoms with E-state index >= 15 is 0 Å². The predicted molar refractivity (Wildman–Crippen MR) is 69.6 cm³/mol. The molecule has 86 valence electrons. The van der Waals surface area contributed by atoms with Gasteiger partial charge in [0.1, 0.15) is 4.99 Å². The van der Waals surface area contributed by atoms with E-state index < -0.39 is 0 Å². The van der Waals surface area contributed by atoms with Crippen molar-refractivity contribution in [1.82, 2.24) is 5.32 Å². The zero-order valence-electron chi connectivity index (χ0n) is 9.28. The summed E-state index contributed by atoms with van der Waals surface area (Å²) < 4.78 is 0. The number of para-hydroxylation sites is 1. The summed E-state index contributed by atoms with van der Waals surface area (Å²) in [5.74, 6) is 0. The first-order chi connectivity index (χ1) is 7.50. The molecule has 4 nitrogen and oxygen atoms in total. The minimum Gasteiger partial charge on any atom is -0.389 e. The number of rotatable bonds is 3. The van der Waals surface area contributed by atoms with Crippen LogP contribution in [0.2, 0.25) is 0 Å². The van der Waals surface area contributed by atoms with E-state index in [9.17, 15) is 4.79 Å². The molecule has 0 aliphatic heterocycles. The first-order valence-corrected chi connectivity index (χ1v) is 5.38. The quantitative estimate of drug-likeness (QED) is 0.703. The minimum absolute atomic E-state index is 0.0805. The van der Waals surface area contributed by atoms with Crippen molar-refractivity contribution in [1.29, 1.82) is 0 Å². The molecule has 2 amide bonds. The van der Waals surface area contributed by atoms with Crippen molar-refractivity contribution in [2.75, 3.05) is 5.32 Å². The number of hydrogen-bond acceptors (Lipinski definition) is 2. The second-order valence-corrected chi connectivity index (χ2v) is 4.10. The number of amides is 2. The molecule has 0 unspecified atom stereocenters. The summed E-state index contributed by atoms with van der Waals surface area (Å²) in [7, 11) is 0. The highest BCUT2D eigenvalue weighted by Crippen LogP contribution is 2.14. The lowest BCUT2D eigenvalue weighted by Crippen LogP contribution is -2.34. The van der Waals surface area contributed by atoms with Crippen LogP contribution in [0.25, 0.3) is 0 Å². The lowest BCUT2D eigenvalue weighted by atomic mass is 10.2. The maximum absolute atomic E-state index is 11.5. The molecule has 0 radical (unpaired) electrons. The topological polar surface area (TPSA) is 67.2 Å². The largest absolute Gasteiger partial charge is 0.389 e. The van der Waals surface area contributed by atoms with Crippen molar-refractivity contribution in [3.8, 4) is 0 Å². The normalized spacial score (nSPS) is 9.94. The molecule has 0 bridgehead atoms. The van der Waals surface area contributed by atoms with Crippen LogP contribution in [0.5, 0.6) is 0 Å². The number of anilines is 1. The summed E-state index contributed by atoms with van der Waals surface area (Å²) in [4.78, 5) is 11.8. The Balaban J connectivity index is 2.81. The first-order valence-electron chi connectivity index (χ1n) is 4.97. The van der Waals surface area contributed by atoms with E-state index in [0.717, 1.165) is 0 Å². The maximum atomic E-state index is 11.5. The van der Waals surface area contributed by atoms with E-state index in [-0.39, 0.29) is 17.1 Å². The highest BCUT2D eigenvalue weighted by atomic mass is 32.1. The zero-order chi connectivity index (χ0) is 12.1. The molecule has 0 saturated carbocycles. The Morgan fingerprint density at radius 2 is 2.00 bits per heavy atom. The average Bonchev–Trinajstić information content (AvgIpc) is 2.16. The van der Waals surface area contributed by atoms with Crippen molar-refractivity contribution in [3.05, 3.63) is 29.8 Å². The molecule has 1 aromatic carbocycles. The standard InChI is InChI=1S/C11H15N3OS/c1-7(2)13-11(15)14-9-6-4-3-5-8(9)10(12)16/h3-7H,1-2H3,(H2,12,16)(H2,13,14,15). The molecule has 0 aromatic heterocycles. The van der Waals surface area contributed by atoms with Gasteiger partial charge in [-0.3, -0.25) is 0 Å². The van der Waals surface area contributed by atoms with E-state index in [1.54, 1.807) is 12.1 Å². The molecule has 16 heavy (non-hydrogen) atoms. The molecule has 0 fully saturated rings.